The molecule has 3 nitrogen and oxygen atoms in total. The van der Waals surface area contributed by atoms with Gasteiger partial charge < -0.3 is 10.0 Å². The van der Waals surface area contributed by atoms with Gasteiger partial charge >= 0.3 is 7.12 Å². The van der Waals surface area contributed by atoms with Crippen LogP contribution in [0.4, 0.5) is 0 Å². The second kappa shape index (κ2) is 9.03. The summed E-state index contributed by atoms with van der Waals surface area (Å²) >= 11 is 0. The van der Waals surface area contributed by atoms with Gasteiger partial charge in [-0.3, -0.25) is 0 Å². The summed E-state index contributed by atoms with van der Waals surface area (Å²) < 4.78 is 0. The molecule has 2 N–H and O–H groups in total. The number of hydrogen-bond donors (Lipinski definition) is 2. The second-order valence-corrected chi connectivity index (χ2v) is 14.4. The highest BCUT2D eigenvalue weighted by molar-refractivity contribution is 6.84. The Labute approximate surface area is 155 Å². The van der Waals surface area contributed by atoms with Gasteiger partial charge in [0.25, 0.3) is 0 Å². The van der Waals surface area contributed by atoms with E-state index >= 15 is 0 Å². The zero-order chi connectivity index (χ0) is 19.4. The Morgan fingerprint density at radius 1 is 0.880 bits per heavy atom. The lowest BCUT2D eigenvalue weighted by atomic mass is 9.65. The van der Waals surface area contributed by atoms with Gasteiger partial charge in [-0.15, -0.1) is 0 Å². The first-order valence-corrected chi connectivity index (χ1v) is 11.7. The van der Waals surface area contributed by atoms with Gasteiger partial charge in [0.15, 0.2) is 0 Å². The first-order chi connectivity index (χ1) is 11.6. The number of nitriles is 1. The van der Waals surface area contributed by atoms with Gasteiger partial charge in [0.1, 0.15) is 0 Å². The Kier molecular flexibility index (Phi) is 7.93. The van der Waals surface area contributed by atoms with E-state index in [2.05, 4.69) is 59.7 Å². The summed E-state index contributed by atoms with van der Waals surface area (Å²) in [7, 11) is -3.51. The van der Waals surface area contributed by atoms with Crippen molar-refractivity contribution in [2.45, 2.75) is 76.4 Å². The zero-order valence-electron chi connectivity index (χ0n) is 16.8. The Bertz CT molecular complexity index is 547. The van der Waals surface area contributed by atoms with Gasteiger partial charge in [0.05, 0.1) is 20.1 Å². The maximum absolute atomic E-state index is 10.0. The van der Waals surface area contributed by atoms with Gasteiger partial charge in [-0.2, -0.15) is 5.26 Å². The summed E-state index contributed by atoms with van der Waals surface area (Å²) in [6.45, 7) is 15.5. The van der Waals surface area contributed by atoms with Crippen LogP contribution in [-0.4, -0.2) is 25.2 Å². The molecule has 1 rings (SSSR count). The van der Waals surface area contributed by atoms with Crippen molar-refractivity contribution in [3.05, 3.63) is 35.9 Å². The molecule has 5 heteroatoms. The minimum atomic E-state index is -2.04. The lowest BCUT2D eigenvalue weighted by molar-refractivity contribution is 0.365. The fraction of sp³-hybridized carbons (Fsp3) is 0.650. The Balaban J connectivity index is 3.73. The Hall–Kier alpha value is -1.09. The van der Waals surface area contributed by atoms with Crippen LogP contribution in [0.2, 0.25) is 22.4 Å². The van der Waals surface area contributed by atoms with Gasteiger partial charge in [-0.05, 0) is 11.1 Å². The molecule has 3 unspecified atom stereocenters. The van der Waals surface area contributed by atoms with Crippen LogP contribution in [0, 0.1) is 17.2 Å². The van der Waals surface area contributed by atoms with Crippen molar-refractivity contribution < 1.29 is 10.0 Å². The molecule has 0 fully saturated rings. The van der Waals surface area contributed by atoms with Crippen molar-refractivity contribution >= 4 is 15.2 Å². The largest absolute Gasteiger partial charge is 0.455 e. The lowest BCUT2D eigenvalue weighted by Gasteiger charge is -2.51. The number of nitrogens with zero attached hydrogens (tertiary/aromatic N) is 1. The molecular formula is C20H34BNO2Si. The maximum atomic E-state index is 10.0. The first kappa shape index (κ1) is 22.0. The second-order valence-electron chi connectivity index (χ2n) is 8.28. The van der Waals surface area contributed by atoms with Crippen LogP contribution in [0.5, 0.6) is 0 Å². The van der Waals surface area contributed by atoms with Gasteiger partial charge in [-0.1, -0.05) is 95.4 Å². The highest BCUT2D eigenvalue weighted by Crippen LogP contribution is 2.54. The van der Waals surface area contributed by atoms with E-state index in [4.69, 9.17) is 0 Å². The number of rotatable bonds is 8. The van der Waals surface area contributed by atoms with Gasteiger partial charge in [-0.25, -0.2) is 0 Å². The molecule has 1 aromatic carbocycles. The Morgan fingerprint density at radius 2 is 1.32 bits per heavy atom. The molecule has 3 atom stereocenters. The van der Waals surface area contributed by atoms with Gasteiger partial charge in [0, 0.05) is 5.82 Å². The van der Waals surface area contributed by atoms with Crippen molar-refractivity contribution in [3.8, 4) is 6.07 Å². The monoisotopic (exact) mass is 359 g/mol. The molecule has 0 amide bonds. The molecule has 0 radical (unpaired) electrons. The minimum Gasteiger partial charge on any atom is -0.427 e. The average molecular weight is 359 g/mol. The summed E-state index contributed by atoms with van der Waals surface area (Å²) in [6, 6.07) is 12.7. The molecule has 0 bridgehead atoms. The summed E-state index contributed by atoms with van der Waals surface area (Å²) in [5.41, 5.74) is 2.68. The van der Waals surface area contributed by atoms with Crippen LogP contribution in [0.25, 0.3) is 0 Å². The Morgan fingerprint density at radius 3 is 1.64 bits per heavy atom. The molecular weight excluding hydrogens is 325 g/mol. The van der Waals surface area contributed by atoms with E-state index in [1.165, 1.54) is 5.56 Å². The van der Waals surface area contributed by atoms with Gasteiger partial charge in [0.2, 0.25) is 0 Å². The third kappa shape index (κ3) is 4.19. The summed E-state index contributed by atoms with van der Waals surface area (Å²) in [5, 5.41) is 29.7. The van der Waals surface area contributed by atoms with E-state index < -0.39 is 26.9 Å². The first-order valence-electron chi connectivity index (χ1n) is 9.42. The molecule has 0 spiro atoms. The van der Waals surface area contributed by atoms with Crippen molar-refractivity contribution in [2.75, 3.05) is 0 Å². The normalized spacial score (nSPS) is 16.0. The third-order valence-electron chi connectivity index (χ3n) is 6.24. The minimum absolute atomic E-state index is 0.0653. The van der Waals surface area contributed by atoms with Crippen molar-refractivity contribution in [1.82, 2.24) is 0 Å². The number of benzene rings is 1. The summed E-state index contributed by atoms with van der Waals surface area (Å²) in [6.07, 6.45) is 0. The highest BCUT2D eigenvalue weighted by atomic mass is 28.3. The van der Waals surface area contributed by atoms with Crippen LogP contribution < -0.4 is 0 Å². The molecule has 0 aliphatic heterocycles. The molecule has 25 heavy (non-hydrogen) atoms. The molecule has 0 saturated carbocycles. The maximum Gasteiger partial charge on any atom is 0.455 e. The number of hydrogen-bond acceptors (Lipinski definition) is 3. The fourth-order valence-electron chi connectivity index (χ4n) is 5.23. The van der Waals surface area contributed by atoms with Crippen LogP contribution in [0.15, 0.2) is 30.3 Å². The molecule has 0 aromatic heterocycles. The van der Waals surface area contributed by atoms with Crippen molar-refractivity contribution in [3.63, 3.8) is 0 Å². The smallest absolute Gasteiger partial charge is 0.427 e. The molecule has 0 saturated heterocycles. The van der Waals surface area contributed by atoms with Crippen molar-refractivity contribution in [1.29, 1.82) is 5.26 Å². The molecule has 0 aliphatic rings. The van der Waals surface area contributed by atoms with E-state index in [0.29, 0.717) is 16.6 Å². The average Bonchev–Trinajstić information content (AvgIpc) is 2.54. The van der Waals surface area contributed by atoms with Crippen molar-refractivity contribution in [2.24, 2.45) is 5.92 Å². The van der Waals surface area contributed by atoms with Crippen LogP contribution >= 0.6 is 0 Å². The SMILES string of the molecule is CC(B(O)O)C(C#N)C(c1ccccc1)[Si](C(C)C)(C(C)C)C(C)C. The third-order valence-corrected chi connectivity index (χ3v) is 14.0. The van der Waals surface area contributed by atoms with E-state index in [-0.39, 0.29) is 5.54 Å². The molecule has 138 valence electrons. The van der Waals surface area contributed by atoms with E-state index in [0.717, 1.165) is 0 Å². The van der Waals surface area contributed by atoms with Crippen LogP contribution in [0.1, 0.15) is 59.6 Å². The predicted molar refractivity (Wildman–Crippen MR) is 109 cm³/mol. The quantitative estimate of drug-likeness (QED) is 0.643. The van der Waals surface area contributed by atoms with E-state index in [9.17, 15) is 15.3 Å². The standard InChI is InChI=1S/C20H34BNO2Si/c1-14(2)25(15(3)4,16(5)6)20(18-11-9-8-10-12-18)19(13-22)17(7)21(23)24/h8-12,14-17,19-20,23-24H,1-7H3. The van der Waals surface area contributed by atoms with Crippen LogP contribution in [0.3, 0.4) is 0 Å². The molecule has 0 heterocycles. The zero-order valence-corrected chi connectivity index (χ0v) is 17.8. The van der Waals surface area contributed by atoms with E-state index in [1.807, 2.05) is 18.2 Å². The predicted octanol–water partition coefficient (Wildman–Crippen LogP) is 4.99. The molecule has 0 aliphatic carbocycles. The lowest BCUT2D eigenvalue weighted by Crippen LogP contribution is -2.54. The molecule has 1 aromatic rings. The summed E-state index contributed by atoms with van der Waals surface area (Å²) in [5.74, 6) is -0.903. The topological polar surface area (TPSA) is 64.2 Å². The fourth-order valence-corrected chi connectivity index (χ4v) is 13.2. The van der Waals surface area contributed by atoms with Crippen LogP contribution in [-0.2, 0) is 0 Å². The highest BCUT2D eigenvalue weighted by Gasteiger charge is 2.53. The van der Waals surface area contributed by atoms with E-state index in [1.54, 1.807) is 6.92 Å². The summed E-state index contributed by atoms with van der Waals surface area (Å²) in [4.78, 5) is 0.